The molecule has 0 aliphatic carbocycles. The number of furan rings is 1. The first kappa shape index (κ1) is 17.1. The first-order valence-electron chi connectivity index (χ1n) is 7.64. The fourth-order valence-corrected chi connectivity index (χ4v) is 2.38. The number of carbonyl (C=O) groups excluding carboxylic acids is 1. The second kappa shape index (κ2) is 7.83. The van der Waals surface area contributed by atoms with Crippen LogP contribution in [-0.2, 0) is 4.79 Å². The molecule has 5 nitrogen and oxygen atoms in total. The third-order valence-corrected chi connectivity index (χ3v) is 3.68. The lowest BCUT2D eigenvalue weighted by atomic mass is 10.1. The van der Waals surface area contributed by atoms with E-state index in [0.29, 0.717) is 6.54 Å². The quantitative estimate of drug-likeness (QED) is 0.853. The van der Waals surface area contributed by atoms with E-state index >= 15 is 0 Å². The van der Waals surface area contributed by atoms with Crippen LogP contribution in [0.4, 0.5) is 0 Å². The summed E-state index contributed by atoms with van der Waals surface area (Å²) < 4.78 is 11.0. The number of benzene rings is 1. The zero-order chi connectivity index (χ0) is 16.8. The molecular weight excluding hydrogens is 292 g/mol. The maximum Gasteiger partial charge on any atom is 0.258 e. The molecule has 0 radical (unpaired) electrons. The summed E-state index contributed by atoms with van der Waals surface area (Å²) in [6, 6.07) is 9.64. The first-order chi connectivity index (χ1) is 11.0. The SMILES string of the molecule is Cc1ccc(OCC(=O)NCC(c2ccco2)N(C)C)c(C)c1. The Morgan fingerprint density at radius 2 is 2.09 bits per heavy atom. The van der Waals surface area contributed by atoms with Crippen molar-refractivity contribution in [2.24, 2.45) is 0 Å². The summed E-state index contributed by atoms with van der Waals surface area (Å²) in [7, 11) is 3.90. The third kappa shape index (κ3) is 4.86. The van der Waals surface area contributed by atoms with Crippen molar-refractivity contribution in [2.45, 2.75) is 19.9 Å². The first-order valence-corrected chi connectivity index (χ1v) is 7.64. The summed E-state index contributed by atoms with van der Waals surface area (Å²) >= 11 is 0. The number of carbonyl (C=O) groups is 1. The van der Waals surface area contributed by atoms with Crippen molar-refractivity contribution in [3.63, 3.8) is 0 Å². The summed E-state index contributed by atoms with van der Waals surface area (Å²) in [5.74, 6) is 1.41. The molecule has 1 unspecified atom stereocenters. The molecule has 124 valence electrons. The van der Waals surface area contributed by atoms with Crippen LogP contribution in [0.3, 0.4) is 0 Å². The van der Waals surface area contributed by atoms with Crippen molar-refractivity contribution < 1.29 is 13.9 Å². The summed E-state index contributed by atoms with van der Waals surface area (Å²) in [6.07, 6.45) is 1.64. The lowest BCUT2D eigenvalue weighted by Crippen LogP contribution is -2.36. The van der Waals surface area contributed by atoms with Gasteiger partial charge in [0, 0.05) is 6.54 Å². The van der Waals surface area contributed by atoms with E-state index in [1.807, 2.05) is 63.2 Å². The molecule has 0 fully saturated rings. The Labute approximate surface area is 137 Å². The maximum atomic E-state index is 12.0. The van der Waals surface area contributed by atoms with E-state index in [0.717, 1.165) is 17.1 Å². The average molecular weight is 316 g/mol. The molecule has 1 heterocycles. The molecule has 2 rings (SSSR count). The number of nitrogens with one attached hydrogen (secondary N) is 1. The van der Waals surface area contributed by atoms with Crippen LogP contribution in [0, 0.1) is 13.8 Å². The molecule has 0 bridgehead atoms. The topological polar surface area (TPSA) is 54.7 Å². The Morgan fingerprint density at radius 3 is 2.70 bits per heavy atom. The van der Waals surface area contributed by atoms with Crippen LogP contribution in [0.1, 0.15) is 22.9 Å². The van der Waals surface area contributed by atoms with E-state index in [1.165, 1.54) is 5.56 Å². The number of likely N-dealkylation sites (N-methyl/N-ethyl adjacent to an activating group) is 1. The lowest BCUT2D eigenvalue weighted by Gasteiger charge is -2.22. The Bertz CT molecular complexity index is 636. The summed E-state index contributed by atoms with van der Waals surface area (Å²) in [6.45, 7) is 4.47. The van der Waals surface area contributed by atoms with Crippen LogP contribution >= 0.6 is 0 Å². The number of rotatable bonds is 7. The molecule has 0 aliphatic heterocycles. The van der Waals surface area contributed by atoms with Crippen molar-refractivity contribution in [3.8, 4) is 5.75 Å². The second-order valence-electron chi connectivity index (χ2n) is 5.86. The highest BCUT2D eigenvalue weighted by molar-refractivity contribution is 5.77. The fourth-order valence-electron chi connectivity index (χ4n) is 2.38. The van der Waals surface area contributed by atoms with Gasteiger partial charge in [0.25, 0.3) is 5.91 Å². The zero-order valence-corrected chi connectivity index (χ0v) is 14.1. The average Bonchev–Trinajstić information content (AvgIpc) is 3.00. The van der Waals surface area contributed by atoms with Gasteiger partial charge < -0.3 is 14.5 Å². The van der Waals surface area contributed by atoms with Crippen molar-refractivity contribution in [1.29, 1.82) is 0 Å². The molecule has 1 atom stereocenters. The molecule has 1 N–H and O–H groups in total. The van der Waals surface area contributed by atoms with Crippen LogP contribution < -0.4 is 10.1 Å². The van der Waals surface area contributed by atoms with Gasteiger partial charge in [0.1, 0.15) is 11.5 Å². The zero-order valence-electron chi connectivity index (χ0n) is 14.1. The minimum absolute atomic E-state index is 0.00219. The summed E-state index contributed by atoms with van der Waals surface area (Å²) in [4.78, 5) is 14.0. The van der Waals surface area contributed by atoms with Gasteiger partial charge in [-0.15, -0.1) is 0 Å². The smallest absolute Gasteiger partial charge is 0.258 e. The van der Waals surface area contributed by atoms with Gasteiger partial charge in [-0.25, -0.2) is 0 Å². The number of ether oxygens (including phenoxy) is 1. The highest BCUT2D eigenvalue weighted by atomic mass is 16.5. The van der Waals surface area contributed by atoms with Crippen molar-refractivity contribution in [2.75, 3.05) is 27.2 Å². The minimum atomic E-state index is -0.150. The van der Waals surface area contributed by atoms with Crippen LogP contribution in [-0.4, -0.2) is 38.1 Å². The predicted molar refractivity (Wildman–Crippen MR) is 89.6 cm³/mol. The molecule has 1 amide bonds. The number of hydrogen-bond acceptors (Lipinski definition) is 4. The molecule has 1 aromatic heterocycles. The van der Waals surface area contributed by atoms with Crippen LogP contribution in [0.2, 0.25) is 0 Å². The van der Waals surface area contributed by atoms with E-state index in [-0.39, 0.29) is 18.6 Å². The molecule has 0 saturated heterocycles. The molecule has 1 aromatic carbocycles. The van der Waals surface area contributed by atoms with Gasteiger partial charge in [-0.05, 0) is 51.7 Å². The molecule has 0 aliphatic rings. The van der Waals surface area contributed by atoms with Gasteiger partial charge in [-0.2, -0.15) is 0 Å². The van der Waals surface area contributed by atoms with Gasteiger partial charge in [0.05, 0.1) is 12.3 Å². The van der Waals surface area contributed by atoms with Crippen LogP contribution in [0.15, 0.2) is 41.0 Å². The maximum absolute atomic E-state index is 12.0. The Hall–Kier alpha value is -2.27. The van der Waals surface area contributed by atoms with E-state index in [1.54, 1.807) is 6.26 Å². The molecule has 0 saturated carbocycles. The van der Waals surface area contributed by atoms with Gasteiger partial charge in [0.2, 0.25) is 0 Å². The monoisotopic (exact) mass is 316 g/mol. The van der Waals surface area contributed by atoms with Crippen LogP contribution in [0.5, 0.6) is 5.75 Å². The van der Waals surface area contributed by atoms with Gasteiger partial charge in [-0.3, -0.25) is 9.69 Å². The van der Waals surface area contributed by atoms with E-state index in [9.17, 15) is 4.79 Å². The van der Waals surface area contributed by atoms with Gasteiger partial charge >= 0.3 is 0 Å². The molecule has 2 aromatic rings. The normalized spacial score (nSPS) is 12.2. The summed E-state index contributed by atoms with van der Waals surface area (Å²) in [5.41, 5.74) is 2.20. The van der Waals surface area contributed by atoms with E-state index < -0.39 is 0 Å². The lowest BCUT2D eigenvalue weighted by molar-refractivity contribution is -0.123. The molecular formula is C18H24N2O3. The van der Waals surface area contributed by atoms with Crippen molar-refractivity contribution in [3.05, 3.63) is 53.5 Å². The molecule has 23 heavy (non-hydrogen) atoms. The van der Waals surface area contributed by atoms with Gasteiger partial charge in [0.15, 0.2) is 6.61 Å². The number of hydrogen-bond donors (Lipinski definition) is 1. The van der Waals surface area contributed by atoms with Crippen molar-refractivity contribution >= 4 is 5.91 Å². The fraction of sp³-hybridized carbons (Fsp3) is 0.389. The van der Waals surface area contributed by atoms with E-state index in [4.69, 9.17) is 9.15 Å². The molecule has 0 spiro atoms. The second-order valence-corrected chi connectivity index (χ2v) is 5.86. The number of amides is 1. The minimum Gasteiger partial charge on any atom is -0.484 e. The Balaban J connectivity index is 1.84. The molecule has 5 heteroatoms. The van der Waals surface area contributed by atoms with E-state index in [2.05, 4.69) is 5.32 Å². The van der Waals surface area contributed by atoms with Crippen molar-refractivity contribution in [1.82, 2.24) is 10.2 Å². The number of aryl methyl sites for hydroxylation is 2. The largest absolute Gasteiger partial charge is 0.484 e. The highest BCUT2D eigenvalue weighted by Gasteiger charge is 2.18. The highest BCUT2D eigenvalue weighted by Crippen LogP contribution is 2.19. The summed E-state index contributed by atoms with van der Waals surface area (Å²) in [5, 5.41) is 2.89. The third-order valence-electron chi connectivity index (χ3n) is 3.68. The predicted octanol–water partition coefficient (Wildman–Crippen LogP) is 2.69. The Morgan fingerprint density at radius 1 is 1.30 bits per heavy atom. The Kier molecular flexibility index (Phi) is 5.82. The van der Waals surface area contributed by atoms with Crippen LogP contribution in [0.25, 0.3) is 0 Å². The standard InChI is InChI=1S/C18H24N2O3/c1-13-7-8-16(14(2)10-13)23-12-18(21)19-11-15(20(3)4)17-6-5-9-22-17/h5-10,15H,11-12H2,1-4H3,(H,19,21). The number of nitrogens with zero attached hydrogens (tertiary/aromatic N) is 1. The van der Waals surface area contributed by atoms with Gasteiger partial charge in [-0.1, -0.05) is 17.7 Å².